The minimum Gasteiger partial charge on any atom is -0.347 e. The van der Waals surface area contributed by atoms with Gasteiger partial charge < -0.3 is 4.90 Å². The Morgan fingerprint density at radius 2 is 1.95 bits per heavy atom. The SMILES string of the molecule is CCc1ccc(C(C)NC(CC(C)C)C(=O)N(C)C)s1. The summed E-state index contributed by atoms with van der Waals surface area (Å²) in [6.45, 7) is 8.62. The first kappa shape index (κ1) is 17.2. The maximum Gasteiger partial charge on any atom is 0.239 e. The molecule has 1 rings (SSSR count). The second-order valence-corrected chi connectivity index (χ2v) is 7.16. The molecule has 1 N–H and O–H groups in total. The van der Waals surface area contributed by atoms with Gasteiger partial charge in [0.2, 0.25) is 5.91 Å². The van der Waals surface area contributed by atoms with Crippen molar-refractivity contribution in [3.05, 3.63) is 21.9 Å². The van der Waals surface area contributed by atoms with Gasteiger partial charge in [0, 0.05) is 29.9 Å². The standard InChI is InChI=1S/C16H28N2OS/c1-7-13-8-9-15(20-13)12(4)17-14(10-11(2)3)16(19)18(5)6/h8-9,11-12,14,17H,7,10H2,1-6H3. The lowest BCUT2D eigenvalue weighted by Gasteiger charge is -2.26. The number of amides is 1. The Bertz CT molecular complexity index is 426. The molecule has 0 radical (unpaired) electrons. The Labute approximate surface area is 127 Å². The molecule has 0 bridgehead atoms. The quantitative estimate of drug-likeness (QED) is 0.835. The van der Waals surface area contributed by atoms with Gasteiger partial charge in [0.1, 0.15) is 0 Å². The molecule has 1 aromatic rings. The average Bonchev–Trinajstić information content (AvgIpc) is 2.85. The molecule has 2 unspecified atom stereocenters. The van der Waals surface area contributed by atoms with Gasteiger partial charge in [-0.05, 0) is 37.8 Å². The minimum absolute atomic E-state index is 0.104. The summed E-state index contributed by atoms with van der Waals surface area (Å²) >= 11 is 1.83. The first-order valence-electron chi connectivity index (χ1n) is 7.40. The summed E-state index contributed by atoms with van der Waals surface area (Å²) in [5.74, 6) is 0.663. The third-order valence-electron chi connectivity index (χ3n) is 3.35. The van der Waals surface area contributed by atoms with E-state index in [0.717, 1.165) is 12.8 Å². The van der Waals surface area contributed by atoms with E-state index < -0.39 is 0 Å². The van der Waals surface area contributed by atoms with E-state index in [9.17, 15) is 4.79 Å². The van der Waals surface area contributed by atoms with Crippen molar-refractivity contribution in [1.82, 2.24) is 10.2 Å². The van der Waals surface area contributed by atoms with E-state index in [-0.39, 0.29) is 18.0 Å². The van der Waals surface area contributed by atoms with E-state index in [2.05, 4.69) is 45.1 Å². The van der Waals surface area contributed by atoms with Gasteiger partial charge in [0.05, 0.1) is 6.04 Å². The molecule has 1 heterocycles. The zero-order valence-corrected chi connectivity index (χ0v) is 14.4. The lowest BCUT2D eigenvalue weighted by atomic mass is 10.0. The van der Waals surface area contributed by atoms with Gasteiger partial charge in [-0.15, -0.1) is 11.3 Å². The van der Waals surface area contributed by atoms with Crippen molar-refractivity contribution in [2.24, 2.45) is 5.92 Å². The van der Waals surface area contributed by atoms with Crippen LogP contribution in [0, 0.1) is 5.92 Å². The van der Waals surface area contributed by atoms with E-state index in [4.69, 9.17) is 0 Å². The molecule has 0 spiro atoms. The van der Waals surface area contributed by atoms with Crippen LogP contribution in [0.25, 0.3) is 0 Å². The minimum atomic E-state index is -0.104. The fourth-order valence-corrected chi connectivity index (χ4v) is 3.19. The van der Waals surface area contributed by atoms with Gasteiger partial charge in [0.15, 0.2) is 0 Å². The normalized spacial score (nSPS) is 14.3. The van der Waals surface area contributed by atoms with E-state index in [1.807, 2.05) is 25.4 Å². The fraction of sp³-hybridized carbons (Fsp3) is 0.688. The molecule has 20 heavy (non-hydrogen) atoms. The van der Waals surface area contributed by atoms with Crippen LogP contribution in [0.3, 0.4) is 0 Å². The molecule has 114 valence electrons. The molecule has 0 saturated heterocycles. The van der Waals surface area contributed by atoms with Crippen molar-refractivity contribution < 1.29 is 4.79 Å². The van der Waals surface area contributed by atoms with E-state index in [0.29, 0.717) is 5.92 Å². The predicted molar refractivity (Wildman–Crippen MR) is 87.2 cm³/mol. The number of rotatable bonds is 7. The molecule has 0 aliphatic rings. The van der Waals surface area contributed by atoms with E-state index in [1.165, 1.54) is 9.75 Å². The number of hydrogen-bond donors (Lipinski definition) is 1. The Balaban J connectivity index is 2.75. The lowest BCUT2D eigenvalue weighted by Crippen LogP contribution is -2.45. The van der Waals surface area contributed by atoms with Crippen LogP contribution in [-0.4, -0.2) is 30.9 Å². The van der Waals surface area contributed by atoms with Crippen molar-refractivity contribution in [1.29, 1.82) is 0 Å². The van der Waals surface area contributed by atoms with Crippen molar-refractivity contribution in [3.8, 4) is 0 Å². The first-order chi connectivity index (χ1) is 9.35. The van der Waals surface area contributed by atoms with Gasteiger partial charge in [-0.25, -0.2) is 0 Å². The van der Waals surface area contributed by atoms with Crippen molar-refractivity contribution in [2.75, 3.05) is 14.1 Å². The average molecular weight is 296 g/mol. The number of thiophene rings is 1. The van der Waals surface area contributed by atoms with Crippen LogP contribution in [-0.2, 0) is 11.2 Å². The number of nitrogens with zero attached hydrogens (tertiary/aromatic N) is 1. The molecule has 0 aliphatic heterocycles. The highest BCUT2D eigenvalue weighted by Crippen LogP contribution is 2.24. The fourth-order valence-electron chi connectivity index (χ4n) is 2.22. The van der Waals surface area contributed by atoms with Crippen molar-refractivity contribution in [2.45, 2.75) is 52.6 Å². The Hall–Kier alpha value is -0.870. The topological polar surface area (TPSA) is 32.3 Å². The maximum absolute atomic E-state index is 12.3. The zero-order chi connectivity index (χ0) is 15.3. The molecule has 2 atom stereocenters. The third kappa shape index (κ3) is 4.91. The highest BCUT2D eigenvalue weighted by Gasteiger charge is 2.23. The third-order valence-corrected chi connectivity index (χ3v) is 4.77. The summed E-state index contributed by atoms with van der Waals surface area (Å²) in [7, 11) is 3.64. The zero-order valence-electron chi connectivity index (χ0n) is 13.6. The Morgan fingerprint density at radius 1 is 1.30 bits per heavy atom. The van der Waals surface area contributed by atoms with E-state index >= 15 is 0 Å². The summed E-state index contributed by atoms with van der Waals surface area (Å²) in [5.41, 5.74) is 0. The summed E-state index contributed by atoms with van der Waals surface area (Å²) in [6.07, 6.45) is 1.94. The highest BCUT2D eigenvalue weighted by molar-refractivity contribution is 7.12. The number of carbonyl (C=O) groups is 1. The van der Waals surface area contributed by atoms with Crippen LogP contribution in [0.2, 0.25) is 0 Å². The lowest BCUT2D eigenvalue weighted by molar-refractivity contribution is -0.131. The van der Waals surface area contributed by atoms with Crippen LogP contribution in [0.5, 0.6) is 0 Å². The largest absolute Gasteiger partial charge is 0.347 e. The second-order valence-electron chi connectivity index (χ2n) is 5.96. The van der Waals surface area contributed by atoms with E-state index in [1.54, 1.807) is 4.90 Å². The molecular weight excluding hydrogens is 268 g/mol. The predicted octanol–water partition coefficient (Wildman–Crippen LogP) is 3.46. The second kappa shape index (κ2) is 7.79. The summed E-state index contributed by atoms with van der Waals surface area (Å²) in [4.78, 5) is 16.7. The molecule has 4 heteroatoms. The van der Waals surface area contributed by atoms with Gasteiger partial charge >= 0.3 is 0 Å². The summed E-state index contributed by atoms with van der Waals surface area (Å²) in [6, 6.07) is 4.47. The summed E-state index contributed by atoms with van der Waals surface area (Å²) in [5, 5.41) is 3.50. The number of nitrogens with one attached hydrogen (secondary N) is 1. The molecule has 0 saturated carbocycles. The molecule has 0 aliphatic carbocycles. The number of hydrogen-bond acceptors (Lipinski definition) is 3. The number of likely N-dealkylation sites (N-methyl/N-ethyl adjacent to an activating group) is 1. The van der Waals surface area contributed by atoms with Crippen molar-refractivity contribution in [3.63, 3.8) is 0 Å². The maximum atomic E-state index is 12.3. The molecule has 0 aromatic carbocycles. The van der Waals surface area contributed by atoms with Gasteiger partial charge in [0.25, 0.3) is 0 Å². The molecular formula is C16H28N2OS. The monoisotopic (exact) mass is 296 g/mol. The van der Waals surface area contributed by atoms with Crippen LogP contribution in [0.15, 0.2) is 12.1 Å². The molecule has 1 aromatic heterocycles. The van der Waals surface area contributed by atoms with Crippen molar-refractivity contribution >= 4 is 17.2 Å². The van der Waals surface area contributed by atoms with Gasteiger partial charge in [-0.2, -0.15) is 0 Å². The van der Waals surface area contributed by atoms with Crippen LogP contribution < -0.4 is 5.32 Å². The number of aryl methyl sites for hydroxylation is 1. The first-order valence-corrected chi connectivity index (χ1v) is 8.22. The molecule has 3 nitrogen and oxygen atoms in total. The summed E-state index contributed by atoms with van der Waals surface area (Å²) < 4.78 is 0. The van der Waals surface area contributed by atoms with Crippen LogP contribution >= 0.6 is 11.3 Å². The molecule has 0 fully saturated rings. The molecule has 1 amide bonds. The van der Waals surface area contributed by atoms with Gasteiger partial charge in [-0.1, -0.05) is 20.8 Å². The Morgan fingerprint density at radius 3 is 2.40 bits per heavy atom. The van der Waals surface area contributed by atoms with Crippen LogP contribution in [0.4, 0.5) is 0 Å². The Kier molecular flexibility index (Phi) is 6.69. The van der Waals surface area contributed by atoms with Gasteiger partial charge in [-0.3, -0.25) is 10.1 Å². The van der Waals surface area contributed by atoms with Crippen LogP contribution in [0.1, 0.15) is 49.9 Å². The highest BCUT2D eigenvalue weighted by atomic mass is 32.1. The number of carbonyl (C=O) groups excluding carboxylic acids is 1. The smallest absolute Gasteiger partial charge is 0.239 e.